The van der Waals surface area contributed by atoms with E-state index in [1.165, 1.54) is 6.08 Å². The number of hydrogen-bond acceptors (Lipinski definition) is 1. The summed E-state index contributed by atoms with van der Waals surface area (Å²) in [7, 11) is 0. The standard InChI is InChI=1S/C10H10O/c11-9-5-8-10-6-3-1-2-4-7-10/h1-6,8-9H,7H2/b8-5+. The molecule has 0 spiro atoms. The fraction of sp³-hybridized carbons (Fsp3) is 0.100. The monoisotopic (exact) mass is 146 g/mol. The zero-order chi connectivity index (χ0) is 7.94. The second-order valence-corrected chi connectivity index (χ2v) is 2.25. The van der Waals surface area contributed by atoms with Crippen molar-refractivity contribution < 1.29 is 4.79 Å². The van der Waals surface area contributed by atoms with Gasteiger partial charge in [-0.2, -0.15) is 0 Å². The summed E-state index contributed by atoms with van der Waals surface area (Å²) < 4.78 is 0. The Balaban J connectivity index is 2.64. The molecule has 1 rings (SSSR count). The predicted octanol–water partition coefficient (Wildman–Crippen LogP) is 2.18. The molecule has 1 aliphatic carbocycles. The average molecular weight is 146 g/mol. The van der Waals surface area contributed by atoms with Crippen molar-refractivity contribution in [2.45, 2.75) is 6.42 Å². The van der Waals surface area contributed by atoms with E-state index in [1.54, 1.807) is 0 Å². The second-order valence-electron chi connectivity index (χ2n) is 2.25. The van der Waals surface area contributed by atoms with Gasteiger partial charge in [-0.1, -0.05) is 36.5 Å². The Morgan fingerprint density at radius 3 is 3.00 bits per heavy atom. The van der Waals surface area contributed by atoms with Crippen molar-refractivity contribution in [1.29, 1.82) is 0 Å². The predicted molar refractivity (Wildman–Crippen MR) is 46.2 cm³/mol. The Labute approximate surface area is 66.4 Å². The SMILES string of the molecule is O=C/C=C/C1=CC=CC=CC1. The number of rotatable bonds is 2. The van der Waals surface area contributed by atoms with Gasteiger partial charge in [-0.05, 0) is 18.1 Å². The maximum Gasteiger partial charge on any atom is 0.142 e. The first-order valence-corrected chi connectivity index (χ1v) is 3.57. The molecular weight excluding hydrogens is 136 g/mol. The number of allylic oxidation sites excluding steroid dienone is 8. The van der Waals surface area contributed by atoms with Gasteiger partial charge in [0.05, 0.1) is 0 Å². The highest BCUT2D eigenvalue weighted by atomic mass is 16.1. The molecule has 0 amide bonds. The van der Waals surface area contributed by atoms with Crippen LogP contribution in [0.4, 0.5) is 0 Å². The van der Waals surface area contributed by atoms with E-state index >= 15 is 0 Å². The fourth-order valence-corrected chi connectivity index (χ4v) is 0.881. The lowest BCUT2D eigenvalue weighted by molar-refractivity contribution is -0.104. The molecule has 0 fully saturated rings. The highest BCUT2D eigenvalue weighted by Crippen LogP contribution is 2.07. The van der Waals surface area contributed by atoms with Crippen LogP contribution in [0.5, 0.6) is 0 Å². The third kappa shape index (κ3) is 2.80. The van der Waals surface area contributed by atoms with Crippen LogP contribution in [0.25, 0.3) is 0 Å². The lowest BCUT2D eigenvalue weighted by Crippen LogP contribution is -1.73. The molecule has 0 N–H and O–H groups in total. The van der Waals surface area contributed by atoms with Crippen LogP contribution in [0, 0.1) is 0 Å². The first kappa shape index (κ1) is 7.73. The zero-order valence-corrected chi connectivity index (χ0v) is 6.23. The van der Waals surface area contributed by atoms with Crippen LogP contribution in [0.3, 0.4) is 0 Å². The molecule has 0 aromatic heterocycles. The van der Waals surface area contributed by atoms with E-state index in [1.807, 2.05) is 30.4 Å². The van der Waals surface area contributed by atoms with Crippen molar-refractivity contribution in [2.75, 3.05) is 0 Å². The fourth-order valence-electron chi connectivity index (χ4n) is 0.881. The van der Waals surface area contributed by atoms with E-state index in [0.717, 1.165) is 18.3 Å². The van der Waals surface area contributed by atoms with Crippen molar-refractivity contribution in [3.05, 3.63) is 48.1 Å². The molecular formula is C10H10O. The summed E-state index contributed by atoms with van der Waals surface area (Å²) in [6, 6.07) is 0. The minimum Gasteiger partial charge on any atom is -0.299 e. The maximum atomic E-state index is 9.98. The Morgan fingerprint density at radius 2 is 2.18 bits per heavy atom. The van der Waals surface area contributed by atoms with Gasteiger partial charge >= 0.3 is 0 Å². The van der Waals surface area contributed by atoms with Crippen LogP contribution in [0.1, 0.15) is 6.42 Å². The number of carbonyl (C=O) groups excluding carboxylic acids is 1. The molecule has 0 aliphatic heterocycles. The molecule has 0 unspecified atom stereocenters. The van der Waals surface area contributed by atoms with Gasteiger partial charge in [0.25, 0.3) is 0 Å². The first-order chi connectivity index (χ1) is 5.43. The molecule has 56 valence electrons. The topological polar surface area (TPSA) is 17.1 Å². The maximum absolute atomic E-state index is 9.98. The van der Waals surface area contributed by atoms with E-state index in [0.29, 0.717) is 0 Å². The summed E-state index contributed by atoms with van der Waals surface area (Å²) in [6.07, 6.45) is 15.0. The van der Waals surface area contributed by atoms with Crippen molar-refractivity contribution in [3.63, 3.8) is 0 Å². The summed E-state index contributed by atoms with van der Waals surface area (Å²) >= 11 is 0. The minimum absolute atomic E-state index is 0.791. The van der Waals surface area contributed by atoms with Gasteiger partial charge in [-0.3, -0.25) is 4.79 Å². The third-order valence-corrected chi connectivity index (χ3v) is 1.41. The summed E-state index contributed by atoms with van der Waals surface area (Å²) in [4.78, 5) is 9.98. The summed E-state index contributed by atoms with van der Waals surface area (Å²) in [5, 5.41) is 0. The van der Waals surface area contributed by atoms with Crippen LogP contribution in [0.2, 0.25) is 0 Å². The number of carbonyl (C=O) groups is 1. The number of hydrogen-bond donors (Lipinski definition) is 0. The molecule has 1 heteroatoms. The lowest BCUT2D eigenvalue weighted by Gasteiger charge is -1.91. The average Bonchev–Trinajstić information content (AvgIpc) is 2.28. The highest BCUT2D eigenvalue weighted by Gasteiger charge is 1.88. The van der Waals surface area contributed by atoms with Crippen molar-refractivity contribution in [2.24, 2.45) is 0 Å². The Bertz CT molecular complexity index is 242. The van der Waals surface area contributed by atoms with E-state index in [4.69, 9.17) is 0 Å². The van der Waals surface area contributed by atoms with Crippen molar-refractivity contribution in [3.8, 4) is 0 Å². The van der Waals surface area contributed by atoms with Gasteiger partial charge in [0.2, 0.25) is 0 Å². The molecule has 0 bridgehead atoms. The lowest BCUT2D eigenvalue weighted by atomic mass is 10.1. The normalized spacial score (nSPS) is 16.5. The third-order valence-electron chi connectivity index (χ3n) is 1.41. The summed E-state index contributed by atoms with van der Waals surface area (Å²) in [5.74, 6) is 0. The highest BCUT2D eigenvalue weighted by molar-refractivity contribution is 5.66. The van der Waals surface area contributed by atoms with Crippen LogP contribution in [0.15, 0.2) is 48.1 Å². The van der Waals surface area contributed by atoms with E-state index in [9.17, 15) is 4.79 Å². The van der Waals surface area contributed by atoms with Gasteiger partial charge in [-0.15, -0.1) is 0 Å². The van der Waals surface area contributed by atoms with Gasteiger partial charge < -0.3 is 0 Å². The zero-order valence-electron chi connectivity index (χ0n) is 6.23. The molecule has 0 radical (unpaired) electrons. The Kier molecular flexibility index (Phi) is 3.13. The van der Waals surface area contributed by atoms with Crippen molar-refractivity contribution in [1.82, 2.24) is 0 Å². The summed E-state index contributed by atoms with van der Waals surface area (Å²) in [5.41, 5.74) is 1.15. The van der Waals surface area contributed by atoms with Crippen LogP contribution < -0.4 is 0 Å². The quantitative estimate of drug-likeness (QED) is 0.431. The Morgan fingerprint density at radius 1 is 1.27 bits per heavy atom. The first-order valence-electron chi connectivity index (χ1n) is 3.57. The van der Waals surface area contributed by atoms with Crippen LogP contribution >= 0.6 is 0 Å². The second kappa shape index (κ2) is 4.45. The molecule has 1 aliphatic rings. The molecule has 11 heavy (non-hydrogen) atoms. The smallest absolute Gasteiger partial charge is 0.142 e. The van der Waals surface area contributed by atoms with Gasteiger partial charge in [0, 0.05) is 0 Å². The van der Waals surface area contributed by atoms with Gasteiger partial charge in [0.1, 0.15) is 6.29 Å². The van der Waals surface area contributed by atoms with Gasteiger partial charge in [0.15, 0.2) is 0 Å². The molecule has 0 saturated carbocycles. The van der Waals surface area contributed by atoms with Gasteiger partial charge in [-0.25, -0.2) is 0 Å². The molecule has 0 atom stereocenters. The van der Waals surface area contributed by atoms with Crippen molar-refractivity contribution >= 4 is 6.29 Å². The number of aldehydes is 1. The molecule has 0 saturated heterocycles. The Hall–Kier alpha value is -1.37. The largest absolute Gasteiger partial charge is 0.299 e. The van der Waals surface area contributed by atoms with E-state index in [2.05, 4.69) is 6.08 Å². The molecule has 0 heterocycles. The summed E-state index contributed by atoms with van der Waals surface area (Å²) in [6.45, 7) is 0. The molecule has 1 nitrogen and oxygen atoms in total. The van der Waals surface area contributed by atoms with Crippen LogP contribution in [-0.2, 0) is 4.79 Å². The minimum atomic E-state index is 0.791. The van der Waals surface area contributed by atoms with Crippen LogP contribution in [-0.4, -0.2) is 6.29 Å². The van der Waals surface area contributed by atoms with E-state index in [-0.39, 0.29) is 0 Å². The molecule has 0 aromatic carbocycles. The molecule has 0 aromatic rings. The van der Waals surface area contributed by atoms with E-state index < -0.39 is 0 Å².